The number of anilines is 1. The molecule has 0 amide bonds. The fraction of sp³-hybridized carbons (Fsp3) is 0.167. The first-order valence-corrected chi connectivity index (χ1v) is 5.42. The Morgan fingerprint density at radius 2 is 2.06 bits per heavy atom. The van der Waals surface area contributed by atoms with Gasteiger partial charge < -0.3 is 5.32 Å². The summed E-state index contributed by atoms with van der Waals surface area (Å²) in [6, 6.07) is 9.70. The van der Waals surface area contributed by atoms with Gasteiger partial charge in [0.05, 0.1) is 6.04 Å². The van der Waals surface area contributed by atoms with Crippen molar-refractivity contribution in [3.05, 3.63) is 53.4 Å². The van der Waals surface area contributed by atoms with Gasteiger partial charge in [0.25, 0.3) is 0 Å². The van der Waals surface area contributed by atoms with Gasteiger partial charge in [-0.15, -0.1) is 0 Å². The van der Waals surface area contributed by atoms with Gasteiger partial charge in [-0.25, -0.2) is 9.97 Å². The van der Waals surface area contributed by atoms with Gasteiger partial charge in [-0.3, -0.25) is 0 Å². The molecule has 2 rings (SSSR count). The summed E-state index contributed by atoms with van der Waals surface area (Å²) in [7, 11) is 0. The minimum atomic E-state index is 0.149. The molecule has 0 fully saturated rings. The second-order valence-electron chi connectivity index (χ2n) is 3.49. The van der Waals surface area contributed by atoms with Gasteiger partial charge in [-0.05, 0) is 36.8 Å². The van der Waals surface area contributed by atoms with E-state index in [1.165, 1.54) is 0 Å². The summed E-state index contributed by atoms with van der Waals surface area (Å²) in [6.07, 6.45) is 3.46. The second kappa shape index (κ2) is 4.94. The molecular weight excluding hydrogens is 222 g/mol. The number of pyridine rings is 2. The van der Waals surface area contributed by atoms with E-state index in [1.807, 2.05) is 30.3 Å². The van der Waals surface area contributed by atoms with Crippen LogP contribution < -0.4 is 5.32 Å². The van der Waals surface area contributed by atoms with E-state index >= 15 is 0 Å². The molecule has 1 atom stereocenters. The van der Waals surface area contributed by atoms with Crippen LogP contribution >= 0.6 is 11.6 Å². The first kappa shape index (κ1) is 10.9. The Hall–Kier alpha value is -1.61. The number of halogens is 1. The number of rotatable bonds is 3. The van der Waals surface area contributed by atoms with Crippen LogP contribution in [0.15, 0.2) is 42.7 Å². The first-order chi connectivity index (χ1) is 7.75. The summed E-state index contributed by atoms with van der Waals surface area (Å²) in [5, 5.41) is 3.79. The maximum atomic E-state index is 5.84. The quantitative estimate of drug-likeness (QED) is 0.827. The highest BCUT2D eigenvalue weighted by Gasteiger charge is 2.06. The molecule has 0 aliphatic heterocycles. The van der Waals surface area contributed by atoms with E-state index in [9.17, 15) is 0 Å². The zero-order valence-electron chi connectivity index (χ0n) is 8.89. The predicted molar refractivity (Wildman–Crippen MR) is 65.5 cm³/mol. The molecule has 0 aromatic carbocycles. The standard InChI is InChI=1S/C12H12ClN3/c1-9(10-5-7-14-11(13)8-10)16-12-4-2-3-6-15-12/h2-9H,1H3,(H,15,16). The molecule has 0 radical (unpaired) electrons. The first-order valence-electron chi connectivity index (χ1n) is 5.05. The lowest BCUT2D eigenvalue weighted by atomic mass is 10.1. The van der Waals surface area contributed by atoms with Crippen molar-refractivity contribution in [2.75, 3.05) is 5.32 Å². The highest BCUT2D eigenvalue weighted by Crippen LogP contribution is 2.18. The Morgan fingerprint density at radius 3 is 2.75 bits per heavy atom. The van der Waals surface area contributed by atoms with Crippen LogP contribution in [0.2, 0.25) is 5.15 Å². The van der Waals surface area contributed by atoms with Crippen molar-refractivity contribution in [1.82, 2.24) is 9.97 Å². The second-order valence-corrected chi connectivity index (χ2v) is 3.88. The lowest BCUT2D eigenvalue weighted by molar-refractivity contribution is 0.871. The molecule has 0 spiro atoms. The van der Waals surface area contributed by atoms with Gasteiger partial charge in [0, 0.05) is 12.4 Å². The van der Waals surface area contributed by atoms with Crippen LogP contribution in [0.1, 0.15) is 18.5 Å². The zero-order chi connectivity index (χ0) is 11.4. The average Bonchev–Trinajstić information content (AvgIpc) is 2.30. The summed E-state index contributed by atoms with van der Waals surface area (Å²) in [4.78, 5) is 8.16. The van der Waals surface area contributed by atoms with Crippen molar-refractivity contribution in [1.29, 1.82) is 0 Å². The molecule has 0 saturated heterocycles. The van der Waals surface area contributed by atoms with E-state index in [1.54, 1.807) is 12.4 Å². The third-order valence-electron chi connectivity index (χ3n) is 2.28. The molecule has 0 aliphatic carbocycles. The summed E-state index contributed by atoms with van der Waals surface area (Å²) >= 11 is 5.84. The lowest BCUT2D eigenvalue weighted by Gasteiger charge is -2.14. The summed E-state index contributed by atoms with van der Waals surface area (Å²) in [5.74, 6) is 0.850. The normalized spacial score (nSPS) is 12.1. The maximum absolute atomic E-state index is 5.84. The summed E-state index contributed by atoms with van der Waals surface area (Å²) in [5.41, 5.74) is 1.09. The van der Waals surface area contributed by atoms with Crippen LogP contribution in [0.25, 0.3) is 0 Å². The molecular formula is C12H12ClN3. The molecule has 2 aromatic rings. The van der Waals surface area contributed by atoms with Gasteiger partial charge >= 0.3 is 0 Å². The number of hydrogen-bond donors (Lipinski definition) is 1. The van der Waals surface area contributed by atoms with Gasteiger partial charge in [0.15, 0.2) is 0 Å². The Balaban J connectivity index is 2.12. The maximum Gasteiger partial charge on any atom is 0.129 e. The van der Waals surface area contributed by atoms with E-state index in [4.69, 9.17) is 11.6 Å². The van der Waals surface area contributed by atoms with Crippen LogP contribution in [0.3, 0.4) is 0 Å². The lowest BCUT2D eigenvalue weighted by Crippen LogP contribution is -2.07. The Labute approximate surface area is 99.5 Å². The smallest absolute Gasteiger partial charge is 0.129 e. The van der Waals surface area contributed by atoms with Gasteiger partial charge in [0.1, 0.15) is 11.0 Å². The summed E-state index contributed by atoms with van der Waals surface area (Å²) in [6.45, 7) is 2.06. The largest absolute Gasteiger partial charge is 0.364 e. The third-order valence-corrected chi connectivity index (χ3v) is 2.49. The van der Waals surface area contributed by atoms with Gasteiger partial charge in [-0.2, -0.15) is 0 Å². The molecule has 82 valence electrons. The number of aromatic nitrogens is 2. The number of nitrogens with zero attached hydrogens (tertiary/aromatic N) is 2. The molecule has 4 heteroatoms. The molecule has 2 aromatic heterocycles. The fourth-order valence-corrected chi connectivity index (χ4v) is 1.62. The highest BCUT2D eigenvalue weighted by molar-refractivity contribution is 6.29. The molecule has 16 heavy (non-hydrogen) atoms. The summed E-state index contributed by atoms with van der Waals surface area (Å²) < 4.78 is 0. The van der Waals surface area contributed by atoms with Crippen LogP contribution in [-0.4, -0.2) is 9.97 Å². The molecule has 3 nitrogen and oxygen atoms in total. The zero-order valence-corrected chi connectivity index (χ0v) is 9.65. The topological polar surface area (TPSA) is 37.8 Å². The fourth-order valence-electron chi connectivity index (χ4n) is 1.44. The number of nitrogens with one attached hydrogen (secondary N) is 1. The van der Waals surface area contributed by atoms with E-state index in [0.29, 0.717) is 5.15 Å². The molecule has 0 aliphatic rings. The van der Waals surface area contributed by atoms with Crippen LogP contribution in [0.5, 0.6) is 0 Å². The minimum Gasteiger partial charge on any atom is -0.364 e. The predicted octanol–water partition coefficient (Wildman–Crippen LogP) is 3.30. The molecule has 2 heterocycles. The van der Waals surface area contributed by atoms with Crippen molar-refractivity contribution in [3.8, 4) is 0 Å². The SMILES string of the molecule is CC(Nc1ccccn1)c1ccnc(Cl)c1. The van der Waals surface area contributed by atoms with Crippen molar-refractivity contribution in [3.63, 3.8) is 0 Å². The minimum absolute atomic E-state index is 0.149. The monoisotopic (exact) mass is 233 g/mol. The van der Waals surface area contributed by atoms with Crippen LogP contribution in [0.4, 0.5) is 5.82 Å². The molecule has 0 bridgehead atoms. The van der Waals surface area contributed by atoms with Crippen molar-refractivity contribution in [2.45, 2.75) is 13.0 Å². The van der Waals surface area contributed by atoms with Gasteiger partial charge in [0.2, 0.25) is 0 Å². The van der Waals surface area contributed by atoms with E-state index < -0.39 is 0 Å². The third kappa shape index (κ3) is 2.70. The van der Waals surface area contributed by atoms with Crippen LogP contribution in [0, 0.1) is 0 Å². The van der Waals surface area contributed by atoms with Crippen molar-refractivity contribution < 1.29 is 0 Å². The van der Waals surface area contributed by atoms with E-state index in [-0.39, 0.29) is 6.04 Å². The van der Waals surface area contributed by atoms with Crippen molar-refractivity contribution in [2.24, 2.45) is 0 Å². The van der Waals surface area contributed by atoms with E-state index in [0.717, 1.165) is 11.4 Å². The Bertz CT molecular complexity index is 459. The van der Waals surface area contributed by atoms with Crippen molar-refractivity contribution >= 4 is 17.4 Å². The average molecular weight is 234 g/mol. The molecule has 1 unspecified atom stereocenters. The van der Waals surface area contributed by atoms with Crippen LogP contribution in [-0.2, 0) is 0 Å². The highest BCUT2D eigenvalue weighted by atomic mass is 35.5. The Kier molecular flexibility index (Phi) is 3.37. The molecule has 1 N–H and O–H groups in total. The van der Waals surface area contributed by atoms with Gasteiger partial charge in [-0.1, -0.05) is 17.7 Å². The Morgan fingerprint density at radius 1 is 1.19 bits per heavy atom. The molecule has 0 saturated carbocycles. The van der Waals surface area contributed by atoms with E-state index in [2.05, 4.69) is 22.2 Å². The number of hydrogen-bond acceptors (Lipinski definition) is 3.